The second-order valence-electron chi connectivity index (χ2n) is 3.94. The van der Waals surface area contributed by atoms with Crippen LogP contribution < -0.4 is 0 Å². The number of rotatable bonds is 5. The Hall–Kier alpha value is -2.07. The average Bonchev–Trinajstić information content (AvgIpc) is 2.44. The van der Waals surface area contributed by atoms with Crippen molar-refractivity contribution in [2.45, 2.75) is 6.92 Å². The van der Waals surface area contributed by atoms with Crippen LogP contribution in [0.5, 0.6) is 0 Å². The third kappa shape index (κ3) is 4.90. The lowest BCUT2D eigenvalue weighted by Crippen LogP contribution is -2.09. The zero-order valence-corrected chi connectivity index (χ0v) is 12.2. The molecule has 20 heavy (non-hydrogen) atoms. The van der Waals surface area contributed by atoms with Gasteiger partial charge in [-0.15, -0.1) is 0 Å². The van der Waals surface area contributed by atoms with E-state index in [1.807, 2.05) is 36.4 Å². The number of ketones is 1. The van der Waals surface area contributed by atoms with Gasteiger partial charge in [0.25, 0.3) is 0 Å². The van der Waals surface area contributed by atoms with E-state index in [0.717, 1.165) is 17.3 Å². The Bertz CT molecular complexity index is 569. The summed E-state index contributed by atoms with van der Waals surface area (Å²) in [5, 5.41) is 9.34. The Morgan fingerprint density at radius 2 is 1.80 bits per heavy atom. The molecule has 1 aromatic carbocycles. The highest BCUT2D eigenvalue weighted by Crippen LogP contribution is 2.13. The standard InChI is InChI=1S/C16H16O3S/c1-12(17)15(16(19)20-2)14(18)11-7-6-10-13-8-4-3-5-9-13/h3-11,18H,1-2H3/b10-6+,11-7+,15-14+. The second-order valence-corrected chi connectivity index (χ2v) is 4.72. The highest BCUT2D eigenvalue weighted by Gasteiger charge is 2.17. The summed E-state index contributed by atoms with van der Waals surface area (Å²) in [6.07, 6.45) is 8.07. The van der Waals surface area contributed by atoms with Crippen molar-refractivity contribution in [1.82, 2.24) is 0 Å². The third-order valence-corrected chi connectivity index (χ3v) is 3.03. The van der Waals surface area contributed by atoms with Gasteiger partial charge in [0.1, 0.15) is 11.3 Å². The van der Waals surface area contributed by atoms with Crippen LogP contribution in [0.4, 0.5) is 0 Å². The summed E-state index contributed by atoms with van der Waals surface area (Å²) in [7, 11) is 0. The molecule has 1 N–H and O–H groups in total. The first-order valence-electron chi connectivity index (χ1n) is 5.98. The SMILES string of the molecule is CSC(=O)\C(C(C)=O)=C(O)/C=C/C=C/c1ccccc1. The van der Waals surface area contributed by atoms with E-state index in [4.69, 9.17) is 0 Å². The van der Waals surface area contributed by atoms with Crippen molar-refractivity contribution in [3.05, 3.63) is 65.5 Å². The van der Waals surface area contributed by atoms with Crippen LogP contribution in [-0.4, -0.2) is 22.3 Å². The van der Waals surface area contributed by atoms with Crippen molar-refractivity contribution >= 4 is 28.7 Å². The topological polar surface area (TPSA) is 54.4 Å². The van der Waals surface area contributed by atoms with Crippen LogP contribution in [0.25, 0.3) is 6.08 Å². The van der Waals surface area contributed by atoms with E-state index in [2.05, 4.69) is 0 Å². The second kappa shape index (κ2) is 8.17. The molecule has 0 radical (unpaired) electrons. The maximum atomic E-state index is 11.5. The fourth-order valence-electron chi connectivity index (χ4n) is 1.49. The van der Waals surface area contributed by atoms with Crippen molar-refractivity contribution < 1.29 is 14.7 Å². The quantitative estimate of drug-likeness (QED) is 0.296. The maximum absolute atomic E-state index is 11.5. The van der Waals surface area contributed by atoms with Gasteiger partial charge in [-0.2, -0.15) is 0 Å². The monoisotopic (exact) mass is 288 g/mol. The first-order chi connectivity index (χ1) is 9.56. The van der Waals surface area contributed by atoms with Gasteiger partial charge < -0.3 is 5.11 Å². The summed E-state index contributed by atoms with van der Waals surface area (Å²) >= 11 is 0.896. The van der Waals surface area contributed by atoms with Crippen molar-refractivity contribution in [1.29, 1.82) is 0 Å². The fourth-order valence-corrected chi connectivity index (χ4v) is 1.94. The lowest BCUT2D eigenvalue weighted by molar-refractivity contribution is -0.117. The number of benzene rings is 1. The van der Waals surface area contributed by atoms with E-state index in [0.29, 0.717) is 0 Å². The molecule has 0 fully saturated rings. The highest BCUT2D eigenvalue weighted by atomic mass is 32.2. The molecule has 0 heterocycles. The van der Waals surface area contributed by atoms with E-state index in [-0.39, 0.29) is 11.3 Å². The van der Waals surface area contributed by atoms with Crippen LogP contribution in [0.1, 0.15) is 12.5 Å². The number of allylic oxidation sites excluding steroid dienone is 3. The minimum atomic E-state index is -0.446. The van der Waals surface area contributed by atoms with Gasteiger partial charge in [0.05, 0.1) is 0 Å². The van der Waals surface area contributed by atoms with E-state index in [9.17, 15) is 14.7 Å². The lowest BCUT2D eigenvalue weighted by atomic mass is 10.1. The summed E-state index contributed by atoms with van der Waals surface area (Å²) in [4.78, 5) is 22.9. The lowest BCUT2D eigenvalue weighted by Gasteiger charge is -2.01. The van der Waals surface area contributed by atoms with Crippen molar-refractivity contribution in [2.75, 3.05) is 6.26 Å². The Morgan fingerprint density at radius 3 is 2.35 bits per heavy atom. The normalized spacial score (nSPS) is 12.7. The molecule has 0 aliphatic heterocycles. The molecular formula is C16H16O3S. The summed E-state index contributed by atoms with van der Waals surface area (Å²) in [5.74, 6) is -0.756. The van der Waals surface area contributed by atoms with Gasteiger partial charge in [0.15, 0.2) is 5.78 Å². The van der Waals surface area contributed by atoms with E-state index >= 15 is 0 Å². The molecule has 0 saturated carbocycles. The molecule has 0 spiro atoms. The number of hydrogen-bond donors (Lipinski definition) is 1. The predicted octanol–water partition coefficient (Wildman–Crippen LogP) is 3.55. The Kier molecular flexibility index (Phi) is 6.53. The van der Waals surface area contributed by atoms with Crippen molar-refractivity contribution in [2.24, 2.45) is 0 Å². The molecular weight excluding hydrogens is 272 g/mol. The molecule has 0 unspecified atom stereocenters. The number of aliphatic hydroxyl groups excluding tert-OH is 1. The molecule has 0 atom stereocenters. The minimum absolute atomic E-state index is 0.179. The van der Waals surface area contributed by atoms with Crippen LogP contribution in [0.15, 0.2) is 59.9 Å². The first-order valence-corrected chi connectivity index (χ1v) is 7.21. The van der Waals surface area contributed by atoms with Crippen LogP contribution in [0.2, 0.25) is 0 Å². The number of Topliss-reactive ketones (excluding diaryl/α,β-unsaturated/α-hetero) is 1. The van der Waals surface area contributed by atoms with Gasteiger partial charge in [-0.3, -0.25) is 9.59 Å². The van der Waals surface area contributed by atoms with Gasteiger partial charge in [-0.05, 0) is 24.8 Å². The molecule has 0 aliphatic rings. The van der Waals surface area contributed by atoms with E-state index in [1.54, 1.807) is 18.4 Å². The summed E-state index contributed by atoms with van der Waals surface area (Å²) < 4.78 is 0. The molecule has 0 saturated heterocycles. The number of thioether (sulfide) groups is 1. The fraction of sp³-hybridized carbons (Fsp3) is 0.125. The van der Waals surface area contributed by atoms with Crippen molar-refractivity contribution in [3.63, 3.8) is 0 Å². The average molecular weight is 288 g/mol. The zero-order valence-electron chi connectivity index (χ0n) is 11.4. The number of aliphatic hydroxyl groups is 1. The summed E-state index contributed by atoms with van der Waals surface area (Å²) in [6, 6.07) is 9.66. The molecule has 104 valence electrons. The minimum Gasteiger partial charge on any atom is -0.507 e. The summed E-state index contributed by atoms with van der Waals surface area (Å²) in [5.41, 5.74) is 0.842. The third-order valence-electron chi connectivity index (χ3n) is 2.45. The summed E-state index contributed by atoms with van der Waals surface area (Å²) in [6.45, 7) is 1.26. The van der Waals surface area contributed by atoms with Gasteiger partial charge in [0, 0.05) is 0 Å². The molecule has 0 amide bonds. The van der Waals surface area contributed by atoms with Gasteiger partial charge in [0.2, 0.25) is 5.12 Å². The maximum Gasteiger partial charge on any atom is 0.226 e. The van der Waals surface area contributed by atoms with Crippen LogP contribution in [0, 0.1) is 0 Å². The number of carbonyl (C=O) groups excluding carboxylic acids is 2. The highest BCUT2D eigenvalue weighted by molar-refractivity contribution is 8.13. The molecule has 4 heteroatoms. The molecule has 0 aromatic heterocycles. The van der Waals surface area contributed by atoms with E-state index < -0.39 is 10.9 Å². The molecule has 3 nitrogen and oxygen atoms in total. The van der Waals surface area contributed by atoms with Gasteiger partial charge in [-0.1, -0.05) is 60.3 Å². The van der Waals surface area contributed by atoms with Gasteiger partial charge >= 0.3 is 0 Å². The molecule has 0 aliphatic carbocycles. The van der Waals surface area contributed by atoms with Gasteiger partial charge in [-0.25, -0.2) is 0 Å². The zero-order chi connectivity index (χ0) is 15.0. The first kappa shape index (κ1) is 16.0. The molecule has 1 aromatic rings. The van der Waals surface area contributed by atoms with E-state index in [1.165, 1.54) is 13.0 Å². The Morgan fingerprint density at radius 1 is 1.15 bits per heavy atom. The number of carbonyl (C=O) groups is 2. The molecule has 0 bridgehead atoms. The predicted molar refractivity (Wildman–Crippen MR) is 83.5 cm³/mol. The molecule has 1 rings (SSSR count). The van der Waals surface area contributed by atoms with Crippen molar-refractivity contribution in [3.8, 4) is 0 Å². The Balaban J connectivity index is 2.84. The number of hydrogen-bond acceptors (Lipinski definition) is 4. The van der Waals surface area contributed by atoms with Crippen LogP contribution >= 0.6 is 11.8 Å². The largest absolute Gasteiger partial charge is 0.507 e. The van der Waals surface area contributed by atoms with Crippen LogP contribution in [-0.2, 0) is 9.59 Å². The Labute approximate surface area is 122 Å². The smallest absolute Gasteiger partial charge is 0.226 e. The van der Waals surface area contributed by atoms with Crippen LogP contribution in [0.3, 0.4) is 0 Å².